The summed E-state index contributed by atoms with van der Waals surface area (Å²) in [5.41, 5.74) is -0.674. The van der Waals surface area contributed by atoms with Gasteiger partial charge in [-0.2, -0.15) is 0 Å². The number of carbonyl (C=O) groups excluding carboxylic acids is 1. The van der Waals surface area contributed by atoms with Crippen molar-refractivity contribution in [2.24, 2.45) is 5.41 Å². The standard InChI is InChI=1S/C12H24N2O3/c1-11(2,3)17-10(16)14-8-12(9-15)4-6-13-7-5-12/h13,15H,4-9H2,1-3H3,(H,14,16). The van der Waals surface area contributed by atoms with Gasteiger partial charge in [0.05, 0.1) is 6.61 Å². The molecule has 5 nitrogen and oxygen atoms in total. The van der Waals surface area contributed by atoms with E-state index in [9.17, 15) is 9.90 Å². The second kappa shape index (κ2) is 5.69. The minimum absolute atomic E-state index is 0.102. The van der Waals surface area contributed by atoms with Gasteiger partial charge in [-0.05, 0) is 46.7 Å². The second-order valence-corrected chi connectivity index (χ2v) is 5.76. The molecule has 0 atom stereocenters. The number of aliphatic hydroxyl groups is 1. The molecule has 1 heterocycles. The van der Waals surface area contributed by atoms with Gasteiger partial charge in [-0.1, -0.05) is 0 Å². The fraction of sp³-hybridized carbons (Fsp3) is 0.917. The highest BCUT2D eigenvalue weighted by Gasteiger charge is 2.32. The Kier molecular flexibility index (Phi) is 4.77. The van der Waals surface area contributed by atoms with Crippen molar-refractivity contribution in [2.45, 2.75) is 39.2 Å². The molecule has 1 rings (SSSR count). The summed E-state index contributed by atoms with van der Waals surface area (Å²) in [4.78, 5) is 11.5. The highest BCUT2D eigenvalue weighted by atomic mass is 16.6. The fourth-order valence-corrected chi connectivity index (χ4v) is 1.92. The zero-order chi connectivity index (χ0) is 12.9. The third-order valence-electron chi connectivity index (χ3n) is 3.01. The van der Waals surface area contributed by atoms with Crippen LogP contribution >= 0.6 is 0 Å². The molecule has 0 radical (unpaired) electrons. The average molecular weight is 244 g/mol. The number of hydrogen-bond donors (Lipinski definition) is 3. The molecule has 100 valence electrons. The topological polar surface area (TPSA) is 70.6 Å². The van der Waals surface area contributed by atoms with E-state index in [1.807, 2.05) is 20.8 Å². The number of ether oxygens (including phenoxy) is 1. The Balaban J connectivity index is 2.39. The predicted molar refractivity (Wildman–Crippen MR) is 65.9 cm³/mol. The van der Waals surface area contributed by atoms with Crippen molar-refractivity contribution in [3.8, 4) is 0 Å². The van der Waals surface area contributed by atoms with Crippen molar-refractivity contribution in [2.75, 3.05) is 26.2 Å². The van der Waals surface area contributed by atoms with E-state index in [2.05, 4.69) is 10.6 Å². The van der Waals surface area contributed by atoms with Crippen LogP contribution in [0.3, 0.4) is 0 Å². The Morgan fingerprint density at radius 3 is 2.47 bits per heavy atom. The molecule has 1 amide bonds. The van der Waals surface area contributed by atoms with Crippen molar-refractivity contribution in [1.82, 2.24) is 10.6 Å². The molecule has 0 aliphatic carbocycles. The third-order valence-corrected chi connectivity index (χ3v) is 3.01. The number of amides is 1. The SMILES string of the molecule is CC(C)(C)OC(=O)NCC1(CO)CCNCC1. The summed E-state index contributed by atoms with van der Waals surface area (Å²) in [6, 6.07) is 0. The van der Waals surface area contributed by atoms with Gasteiger partial charge < -0.3 is 20.5 Å². The summed E-state index contributed by atoms with van der Waals surface area (Å²) < 4.78 is 5.17. The molecule has 0 bridgehead atoms. The molecule has 0 aromatic rings. The smallest absolute Gasteiger partial charge is 0.407 e. The monoisotopic (exact) mass is 244 g/mol. The molecule has 1 fully saturated rings. The molecule has 0 unspecified atom stereocenters. The molecular formula is C12H24N2O3. The van der Waals surface area contributed by atoms with Crippen LogP contribution in [-0.4, -0.2) is 43.0 Å². The van der Waals surface area contributed by atoms with E-state index in [4.69, 9.17) is 4.74 Å². The Hall–Kier alpha value is -0.810. The average Bonchev–Trinajstić information content (AvgIpc) is 2.25. The number of piperidine rings is 1. The van der Waals surface area contributed by atoms with Gasteiger partial charge in [0.25, 0.3) is 0 Å². The van der Waals surface area contributed by atoms with Crippen molar-refractivity contribution in [3.05, 3.63) is 0 Å². The van der Waals surface area contributed by atoms with Crippen molar-refractivity contribution < 1.29 is 14.6 Å². The zero-order valence-electron chi connectivity index (χ0n) is 11.0. The van der Waals surface area contributed by atoms with Crippen LogP contribution in [0.5, 0.6) is 0 Å². The number of carbonyl (C=O) groups is 1. The van der Waals surface area contributed by atoms with Crippen LogP contribution in [0.2, 0.25) is 0 Å². The Bertz CT molecular complexity index is 255. The molecule has 0 aromatic heterocycles. The van der Waals surface area contributed by atoms with Crippen molar-refractivity contribution >= 4 is 6.09 Å². The van der Waals surface area contributed by atoms with E-state index in [1.165, 1.54) is 0 Å². The summed E-state index contributed by atoms with van der Waals surface area (Å²) >= 11 is 0. The Morgan fingerprint density at radius 2 is 2.00 bits per heavy atom. The van der Waals surface area contributed by atoms with Crippen LogP contribution in [0.15, 0.2) is 0 Å². The number of hydrogen-bond acceptors (Lipinski definition) is 4. The molecule has 0 aromatic carbocycles. The maximum absolute atomic E-state index is 11.5. The minimum atomic E-state index is -0.482. The first-order valence-corrected chi connectivity index (χ1v) is 6.15. The zero-order valence-corrected chi connectivity index (χ0v) is 11.0. The quantitative estimate of drug-likeness (QED) is 0.689. The molecular weight excluding hydrogens is 220 g/mol. The van der Waals surface area contributed by atoms with Crippen LogP contribution in [0.4, 0.5) is 4.79 Å². The summed E-state index contributed by atoms with van der Waals surface area (Å²) in [7, 11) is 0. The van der Waals surface area contributed by atoms with Gasteiger partial charge in [-0.3, -0.25) is 0 Å². The number of alkyl carbamates (subject to hydrolysis) is 1. The lowest BCUT2D eigenvalue weighted by atomic mass is 9.80. The highest BCUT2D eigenvalue weighted by molar-refractivity contribution is 5.67. The molecule has 1 aliphatic heterocycles. The fourth-order valence-electron chi connectivity index (χ4n) is 1.92. The lowest BCUT2D eigenvalue weighted by Gasteiger charge is -2.36. The largest absolute Gasteiger partial charge is 0.444 e. The van der Waals surface area contributed by atoms with E-state index >= 15 is 0 Å². The lowest BCUT2D eigenvalue weighted by Crippen LogP contribution is -2.47. The van der Waals surface area contributed by atoms with Gasteiger partial charge in [-0.25, -0.2) is 4.79 Å². The van der Waals surface area contributed by atoms with Gasteiger partial charge in [0, 0.05) is 12.0 Å². The number of aliphatic hydroxyl groups excluding tert-OH is 1. The van der Waals surface area contributed by atoms with Crippen LogP contribution in [0.25, 0.3) is 0 Å². The normalized spacial score (nSPS) is 19.8. The summed E-state index contributed by atoms with van der Waals surface area (Å²) in [6.07, 6.45) is 1.34. The summed E-state index contributed by atoms with van der Waals surface area (Å²) in [5.74, 6) is 0. The van der Waals surface area contributed by atoms with Crippen LogP contribution in [0.1, 0.15) is 33.6 Å². The molecule has 5 heteroatoms. The Morgan fingerprint density at radius 1 is 1.41 bits per heavy atom. The minimum Gasteiger partial charge on any atom is -0.444 e. The maximum Gasteiger partial charge on any atom is 0.407 e. The van der Waals surface area contributed by atoms with E-state index in [-0.39, 0.29) is 12.0 Å². The van der Waals surface area contributed by atoms with Gasteiger partial charge in [0.2, 0.25) is 0 Å². The van der Waals surface area contributed by atoms with Gasteiger partial charge in [0.15, 0.2) is 0 Å². The first-order valence-electron chi connectivity index (χ1n) is 6.15. The summed E-state index contributed by atoms with van der Waals surface area (Å²) in [6.45, 7) is 7.84. The summed E-state index contributed by atoms with van der Waals surface area (Å²) in [5, 5.41) is 15.5. The van der Waals surface area contributed by atoms with Crippen LogP contribution < -0.4 is 10.6 Å². The molecule has 0 spiro atoms. The van der Waals surface area contributed by atoms with Gasteiger partial charge >= 0.3 is 6.09 Å². The number of nitrogens with one attached hydrogen (secondary N) is 2. The maximum atomic E-state index is 11.5. The second-order valence-electron chi connectivity index (χ2n) is 5.76. The van der Waals surface area contributed by atoms with E-state index in [0.29, 0.717) is 6.54 Å². The number of rotatable bonds is 3. The van der Waals surface area contributed by atoms with Crippen molar-refractivity contribution in [1.29, 1.82) is 0 Å². The van der Waals surface area contributed by atoms with E-state index < -0.39 is 11.7 Å². The van der Waals surface area contributed by atoms with E-state index in [1.54, 1.807) is 0 Å². The van der Waals surface area contributed by atoms with Crippen LogP contribution in [-0.2, 0) is 4.74 Å². The molecule has 0 saturated carbocycles. The molecule has 1 saturated heterocycles. The Labute approximate surface area is 103 Å². The molecule has 1 aliphatic rings. The third kappa shape index (κ3) is 4.91. The van der Waals surface area contributed by atoms with E-state index in [0.717, 1.165) is 25.9 Å². The first-order chi connectivity index (χ1) is 7.87. The predicted octanol–water partition coefficient (Wildman–Crippen LogP) is 0.873. The van der Waals surface area contributed by atoms with Gasteiger partial charge in [0.1, 0.15) is 5.60 Å². The van der Waals surface area contributed by atoms with Crippen molar-refractivity contribution in [3.63, 3.8) is 0 Å². The molecule has 3 N–H and O–H groups in total. The highest BCUT2D eigenvalue weighted by Crippen LogP contribution is 2.27. The van der Waals surface area contributed by atoms with Crippen LogP contribution in [0, 0.1) is 5.41 Å². The molecule has 17 heavy (non-hydrogen) atoms. The lowest BCUT2D eigenvalue weighted by molar-refractivity contribution is 0.0425. The first kappa shape index (κ1) is 14.3. The van der Waals surface area contributed by atoms with Gasteiger partial charge in [-0.15, -0.1) is 0 Å².